The fourth-order valence-electron chi connectivity index (χ4n) is 4.43. The first kappa shape index (κ1) is 22.7. The van der Waals surface area contributed by atoms with Crippen molar-refractivity contribution in [1.82, 2.24) is 30.4 Å². The number of nitrogens with one attached hydrogen (secondary N) is 1. The molecule has 1 aromatic carbocycles. The van der Waals surface area contributed by atoms with Gasteiger partial charge in [-0.3, -0.25) is 9.59 Å². The number of aromatic nitrogens is 4. The number of carbonyl (C=O) groups is 2. The number of rotatable bonds is 7. The van der Waals surface area contributed by atoms with Crippen molar-refractivity contribution < 1.29 is 14.7 Å². The zero-order chi connectivity index (χ0) is 23.0. The molecule has 4 atom stereocenters. The minimum Gasteiger partial charge on any atom is -0.383 e. The second-order valence-electron chi connectivity index (χ2n) is 9.55. The van der Waals surface area contributed by atoms with E-state index in [9.17, 15) is 14.7 Å². The van der Waals surface area contributed by atoms with Crippen LogP contribution in [0.3, 0.4) is 0 Å². The number of likely N-dealkylation sites (tertiary alicyclic amines) is 1. The summed E-state index contributed by atoms with van der Waals surface area (Å²) in [6.07, 6.45) is 2.89. The monoisotopic (exact) mass is 460 g/mol. The van der Waals surface area contributed by atoms with Gasteiger partial charge in [-0.25, -0.2) is 4.68 Å². The minimum absolute atomic E-state index is 0.0268. The molecule has 2 aromatic rings. The Hall–Kier alpha value is -2.52. The summed E-state index contributed by atoms with van der Waals surface area (Å²) in [4.78, 5) is 27.8. The van der Waals surface area contributed by atoms with Crippen molar-refractivity contribution in [3.8, 4) is 5.69 Å². The number of benzene rings is 1. The van der Waals surface area contributed by atoms with Crippen molar-refractivity contribution in [2.24, 2.45) is 17.3 Å². The number of hydrogen-bond acceptors (Lipinski definition) is 6. The smallest absolute Gasteiger partial charge is 0.252 e. The summed E-state index contributed by atoms with van der Waals surface area (Å²) in [5, 5.41) is 25.3. The molecule has 10 heteroatoms. The molecule has 2 heterocycles. The van der Waals surface area contributed by atoms with Crippen LogP contribution in [0.25, 0.3) is 5.69 Å². The SMILES string of the molecule is CC1CN(C(=O)[C@H](O)CC2(C)CC2)[C@H](C(=O)NCc2cc(Cl)ccc2-n2cnnn2)[C@@H]1C. The van der Waals surface area contributed by atoms with Gasteiger partial charge in [-0.1, -0.05) is 32.4 Å². The van der Waals surface area contributed by atoms with E-state index in [4.69, 9.17) is 11.6 Å². The van der Waals surface area contributed by atoms with E-state index >= 15 is 0 Å². The number of carbonyl (C=O) groups excluding carboxylic acids is 2. The van der Waals surface area contributed by atoms with Crippen LogP contribution in [0.4, 0.5) is 0 Å². The maximum absolute atomic E-state index is 13.2. The lowest BCUT2D eigenvalue weighted by Crippen LogP contribution is -2.51. The average Bonchev–Trinajstić information content (AvgIpc) is 3.14. The second kappa shape index (κ2) is 8.78. The number of tetrazole rings is 1. The summed E-state index contributed by atoms with van der Waals surface area (Å²) >= 11 is 6.17. The van der Waals surface area contributed by atoms with Crippen LogP contribution in [0.2, 0.25) is 5.02 Å². The lowest BCUT2D eigenvalue weighted by Gasteiger charge is -2.29. The van der Waals surface area contributed by atoms with E-state index in [1.165, 1.54) is 11.0 Å². The van der Waals surface area contributed by atoms with Crippen LogP contribution in [0.1, 0.15) is 45.6 Å². The molecule has 1 aliphatic carbocycles. The topological polar surface area (TPSA) is 113 Å². The Morgan fingerprint density at radius 1 is 1.34 bits per heavy atom. The summed E-state index contributed by atoms with van der Waals surface area (Å²) in [5.41, 5.74) is 1.49. The molecule has 1 unspecified atom stereocenters. The summed E-state index contributed by atoms with van der Waals surface area (Å²) < 4.78 is 1.50. The van der Waals surface area contributed by atoms with Crippen LogP contribution in [0, 0.1) is 17.3 Å². The summed E-state index contributed by atoms with van der Waals surface area (Å²) in [7, 11) is 0. The number of amides is 2. The Kier molecular flexibility index (Phi) is 6.22. The van der Waals surface area contributed by atoms with Gasteiger partial charge in [0.15, 0.2) is 0 Å². The van der Waals surface area contributed by atoms with E-state index in [-0.39, 0.29) is 35.6 Å². The minimum atomic E-state index is -1.07. The summed E-state index contributed by atoms with van der Waals surface area (Å²) in [6, 6.07) is 4.63. The Labute approximate surface area is 192 Å². The third-order valence-corrected chi connectivity index (χ3v) is 7.17. The molecule has 1 aromatic heterocycles. The molecule has 32 heavy (non-hydrogen) atoms. The maximum Gasteiger partial charge on any atom is 0.252 e. The molecule has 4 rings (SSSR count). The quantitative estimate of drug-likeness (QED) is 0.653. The zero-order valence-corrected chi connectivity index (χ0v) is 19.3. The molecule has 9 nitrogen and oxygen atoms in total. The third kappa shape index (κ3) is 4.63. The lowest BCUT2D eigenvalue weighted by molar-refractivity contribution is -0.146. The first-order valence-electron chi connectivity index (χ1n) is 11.0. The van der Waals surface area contributed by atoms with Gasteiger partial charge in [-0.15, -0.1) is 5.10 Å². The van der Waals surface area contributed by atoms with E-state index < -0.39 is 12.1 Å². The highest BCUT2D eigenvalue weighted by Gasteiger charge is 2.47. The average molecular weight is 461 g/mol. The number of halogens is 1. The molecule has 2 amide bonds. The highest BCUT2D eigenvalue weighted by molar-refractivity contribution is 6.30. The van der Waals surface area contributed by atoms with E-state index in [2.05, 4.69) is 27.8 Å². The molecule has 2 fully saturated rings. The van der Waals surface area contributed by atoms with Gasteiger partial charge in [0.1, 0.15) is 18.5 Å². The number of nitrogens with zero attached hydrogens (tertiary/aromatic N) is 5. The molecule has 1 saturated heterocycles. The summed E-state index contributed by atoms with van der Waals surface area (Å²) in [5.74, 6) is -0.475. The van der Waals surface area contributed by atoms with Gasteiger partial charge in [0.25, 0.3) is 5.91 Å². The van der Waals surface area contributed by atoms with Gasteiger partial charge in [-0.05, 0) is 70.7 Å². The Bertz CT molecular complexity index is 994. The molecule has 2 N–H and O–H groups in total. The van der Waals surface area contributed by atoms with Crippen LogP contribution < -0.4 is 5.32 Å². The second-order valence-corrected chi connectivity index (χ2v) is 9.98. The van der Waals surface area contributed by atoms with Crippen LogP contribution in [-0.2, 0) is 16.1 Å². The fraction of sp³-hybridized carbons (Fsp3) is 0.591. The van der Waals surface area contributed by atoms with Crippen LogP contribution in [-0.4, -0.2) is 60.7 Å². The predicted molar refractivity (Wildman–Crippen MR) is 118 cm³/mol. The molecule has 0 spiro atoms. The van der Waals surface area contributed by atoms with Gasteiger partial charge >= 0.3 is 0 Å². The van der Waals surface area contributed by atoms with Gasteiger partial charge < -0.3 is 15.3 Å². The van der Waals surface area contributed by atoms with Gasteiger partial charge in [0, 0.05) is 18.1 Å². The van der Waals surface area contributed by atoms with Crippen molar-refractivity contribution >= 4 is 23.4 Å². The normalized spacial score (nSPS) is 24.9. The standard InChI is InChI=1S/C22H29ClN6O3/c1-13-11-28(21(32)18(30)9-22(3)6-7-22)19(14(13)2)20(31)24-10-15-8-16(23)4-5-17(15)29-12-25-26-27-29/h4-5,8,12-14,18-19,30H,6-7,9-11H2,1-3H3,(H,24,31)/t13?,14-,18-,19+/m1/s1. The predicted octanol–water partition coefficient (Wildman–Crippen LogP) is 1.97. The summed E-state index contributed by atoms with van der Waals surface area (Å²) in [6.45, 7) is 6.74. The maximum atomic E-state index is 13.2. The molecule has 1 aliphatic heterocycles. The third-order valence-electron chi connectivity index (χ3n) is 6.93. The highest BCUT2D eigenvalue weighted by Crippen LogP contribution is 2.49. The number of aliphatic hydroxyl groups excluding tert-OH is 1. The number of aliphatic hydroxyl groups is 1. The highest BCUT2D eigenvalue weighted by atomic mass is 35.5. The fourth-order valence-corrected chi connectivity index (χ4v) is 4.63. The van der Waals surface area contributed by atoms with Crippen molar-refractivity contribution in [2.45, 2.75) is 58.7 Å². The van der Waals surface area contributed by atoms with E-state index in [0.29, 0.717) is 23.7 Å². The molecular formula is C22H29ClN6O3. The van der Waals surface area contributed by atoms with Crippen molar-refractivity contribution in [3.63, 3.8) is 0 Å². The molecule has 0 radical (unpaired) electrons. The zero-order valence-electron chi connectivity index (χ0n) is 18.5. The molecule has 1 saturated carbocycles. The van der Waals surface area contributed by atoms with E-state index in [1.807, 2.05) is 13.8 Å². The largest absolute Gasteiger partial charge is 0.383 e. The van der Waals surface area contributed by atoms with Crippen LogP contribution in [0.15, 0.2) is 24.5 Å². The Balaban J connectivity index is 1.48. The van der Waals surface area contributed by atoms with Crippen LogP contribution in [0.5, 0.6) is 0 Å². The van der Waals surface area contributed by atoms with Gasteiger partial charge in [-0.2, -0.15) is 0 Å². The number of hydrogen-bond donors (Lipinski definition) is 2. The van der Waals surface area contributed by atoms with Gasteiger partial charge in [0.05, 0.1) is 5.69 Å². The Morgan fingerprint density at radius 2 is 2.09 bits per heavy atom. The lowest BCUT2D eigenvalue weighted by atomic mass is 9.93. The van der Waals surface area contributed by atoms with Crippen molar-refractivity contribution in [3.05, 3.63) is 35.1 Å². The molecular weight excluding hydrogens is 432 g/mol. The van der Waals surface area contributed by atoms with Crippen molar-refractivity contribution in [2.75, 3.05) is 6.54 Å². The van der Waals surface area contributed by atoms with Crippen LogP contribution >= 0.6 is 11.6 Å². The molecule has 0 bridgehead atoms. The first-order valence-corrected chi connectivity index (χ1v) is 11.3. The molecule has 2 aliphatic rings. The first-order chi connectivity index (χ1) is 15.2. The Morgan fingerprint density at radius 3 is 2.75 bits per heavy atom. The van der Waals surface area contributed by atoms with E-state index in [1.54, 1.807) is 23.1 Å². The van der Waals surface area contributed by atoms with Gasteiger partial charge in [0.2, 0.25) is 5.91 Å². The van der Waals surface area contributed by atoms with E-state index in [0.717, 1.165) is 18.4 Å². The molecule has 172 valence electrons. The van der Waals surface area contributed by atoms with Crippen molar-refractivity contribution in [1.29, 1.82) is 0 Å².